The van der Waals surface area contributed by atoms with Gasteiger partial charge in [-0.1, -0.05) is 25.9 Å². The number of rotatable bonds is 3. The quantitative estimate of drug-likeness (QED) is 0.856. The molecule has 0 N–H and O–H groups in total. The van der Waals surface area contributed by atoms with Crippen molar-refractivity contribution in [2.24, 2.45) is 0 Å². The van der Waals surface area contributed by atoms with Gasteiger partial charge in [0.15, 0.2) is 5.82 Å². The molecule has 0 aliphatic carbocycles. The van der Waals surface area contributed by atoms with E-state index in [1.165, 1.54) is 38.8 Å². The topological polar surface area (TPSA) is 45.4 Å². The first kappa shape index (κ1) is 15.0. The summed E-state index contributed by atoms with van der Waals surface area (Å²) in [6.45, 7) is 12.0. The molecule has 1 aromatic rings. The van der Waals surface area contributed by atoms with E-state index >= 15 is 0 Å². The predicted molar refractivity (Wildman–Crippen MR) is 82.1 cm³/mol. The Hall–Kier alpha value is -0.940. The average molecular weight is 292 g/mol. The van der Waals surface area contributed by atoms with Crippen LogP contribution in [0.5, 0.6) is 0 Å². The highest BCUT2D eigenvalue weighted by atomic mass is 16.5. The summed E-state index contributed by atoms with van der Waals surface area (Å²) in [6.07, 6.45) is 5.37. The molecule has 0 amide bonds. The van der Waals surface area contributed by atoms with Crippen molar-refractivity contribution in [1.82, 2.24) is 19.9 Å². The Morgan fingerprint density at radius 1 is 1.14 bits per heavy atom. The summed E-state index contributed by atoms with van der Waals surface area (Å²) in [6, 6.07) is 0.732. The van der Waals surface area contributed by atoms with Crippen LogP contribution in [0.15, 0.2) is 4.52 Å². The molecule has 1 atom stereocenters. The van der Waals surface area contributed by atoms with Gasteiger partial charge in [0, 0.05) is 18.0 Å². The van der Waals surface area contributed by atoms with Crippen LogP contribution in [0, 0.1) is 0 Å². The van der Waals surface area contributed by atoms with Crippen LogP contribution in [-0.4, -0.2) is 52.2 Å². The lowest BCUT2D eigenvalue weighted by molar-refractivity contribution is 0.108. The largest absolute Gasteiger partial charge is 0.339 e. The third-order valence-corrected chi connectivity index (χ3v) is 4.61. The van der Waals surface area contributed by atoms with Crippen molar-refractivity contribution in [2.45, 2.75) is 64.5 Å². The smallest absolute Gasteiger partial charge is 0.232 e. The molecule has 1 aromatic heterocycles. The normalized spacial score (nSPS) is 25.6. The van der Waals surface area contributed by atoms with E-state index in [4.69, 9.17) is 4.52 Å². The van der Waals surface area contributed by atoms with E-state index in [1.807, 2.05) is 0 Å². The minimum Gasteiger partial charge on any atom is -0.339 e. The van der Waals surface area contributed by atoms with Crippen molar-refractivity contribution in [1.29, 1.82) is 0 Å². The van der Waals surface area contributed by atoms with Gasteiger partial charge in [0.2, 0.25) is 5.89 Å². The highest BCUT2D eigenvalue weighted by Gasteiger charge is 2.28. The number of likely N-dealkylation sites (tertiary alicyclic amines) is 2. The van der Waals surface area contributed by atoms with Gasteiger partial charge in [0.05, 0.1) is 6.54 Å². The Morgan fingerprint density at radius 2 is 1.90 bits per heavy atom. The highest BCUT2D eigenvalue weighted by molar-refractivity contribution is 4.98. The van der Waals surface area contributed by atoms with Crippen LogP contribution in [0.25, 0.3) is 0 Å². The van der Waals surface area contributed by atoms with Crippen LogP contribution < -0.4 is 0 Å². The van der Waals surface area contributed by atoms with Gasteiger partial charge in [-0.15, -0.1) is 0 Å². The van der Waals surface area contributed by atoms with E-state index in [0.29, 0.717) is 0 Å². The molecule has 2 fully saturated rings. The number of hydrogen-bond acceptors (Lipinski definition) is 5. The molecular weight excluding hydrogens is 264 g/mol. The number of piperidine rings is 1. The van der Waals surface area contributed by atoms with E-state index in [-0.39, 0.29) is 5.41 Å². The summed E-state index contributed by atoms with van der Waals surface area (Å²) in [4.78, 5) is 9.72. The van der Waals surface area contributed by atoms with E-state index in [0.717, 1.165) is 37.4 Å². The fourth-order valence-electron chi connectivity index (χ4n) is 3.40. The molecule has 0 aromatic carbocycles. The van der Waals surface area contributed by atoms with Gasteiger partial charge >= 0.3 is 0 Å². The zero-order valence-corrected chi connectivity index (χ0v) is 13.6. The lowest BCUT2D eigenvalue weighted by Crippen LogP contribution is -2.46. The van der Waals surface area contributed by atoms with Gasteiger partial charge in [0.1, 0.15) is 0 Å². The van der Waals surface area contributed by atoms with E-state index in [1.54, 1.807) is 0 Å². The molecule has 2 saturated heterocycles. The molecule has 0 bridgehead atoms. The SMILES string of the molecule is CC(C)(C)c1nc(CN2CCCC(N3CCCC3)C2)no1. The molecular formula is C16H28N4O. The van der Waals surface area contributed by atoms with E-state index in [9.17, 15) is 0 Å². The van der Waals surface area contributed by atoms with Gasteiger partial charge in [-0.25, -0.2) is 0 Å². The number of hydrogen-bond donors (Lipinski definition) is 0. The first-order valence-electron chi connectivity index (χ1n) is 8.32. The second-order valence-electron chi connectivity index (χ2n) is 7.54. The molecule has 5 heteroatoms. The Balaban J connectivity index is 1.58. The summed E-state index contributed by atoms with van der Waals surface area (Å²) >= 11 is 0. The maximum atomic E-state index is 5.40. The molecule has 0 radical (unpaired) electrons. The zero-order valence-electron chi connectivity index (χ0n) is 13.6. The summed E-state index contributed by atoms with van der Waals surface area (Å²) in [5.41, 5.74) is -0.0643. The Bertz CT molecular complexity index is 459. The second-order valence-corrected chi connectivity index (χ2v) is 7.54. The standard InChI is InChI=1S/C16H28N4O/c1-16(2,3)15-17-14(18-21-15)12-19-8-6-7-13(11-19)20-9-4-5-10-20/h13H,4-12H2,1-3H3. The Morgan fingerprint density at radius 3 is 2.57 bits per heavy atom. The second kappa shape index (κ2) is 6.05. The Kier molecular flexibility index (Phi) is 4.31. The number of aromatic nitrogens is 2. The van der Waals surface area contributed by atoms with Crippen LogP contribution in [0.3, 0.4) is 0 Å². The van der Waals surface area contributed by atoms with Gasteiger partial charge in [0.25, 0.3) is 0 Å². The van der Waals surface area contributed by atoms with Crippen LogP contribution in [-0.2, 0) is 12.0 Å². The van der Waals surface area contributed by atoms with Crippen molar-refractivity contribution in [3.8, 4) is 0 Å². The molecule has 3 rings (SSSR count). The summed E-state index contributed by atoms with van der Waals surface area (Å²) in [7, 11) is 0. The monoisotopic (exact) mass is 292 g/mol. The van der Waals surface area contributed by atoms with Gasteiger partial charge in [-0.2, -0.15) is 4.98 Å². The van der Waals surface area contributed by atoms with Crippen LogP contribution in [0.1, 0.15) is 58.2 Å². The predicted octanol–water partition coefficient (Wildman–Crippen LogP) is 2.43. The minimum absolute atomic E-state index is 0.0643. The van der Waals surface area contributed by atoms with Crippen molar-refractivity contribution >= 4 is 0 Å². The van der Waals surface area contributed by atoms with Gasteiger partial charge < -0.3 is 4.52 Å². The van der Waals surface area contributed by atoms with Crippen molar-refractivity contribution < 1.29 is 4.52 Å². The maximum absolute atomic E-state index is 5.40. The zero-order chi connectivity index (χ0) is 14.9. The van der Waals surface area contributed by atoms with Gasteiger partial charge in [-0.05, 0) is 45.3 Å². The number of nitrogens with zero attached hydrogens (tertiary/aromatic N) is 4. The fourth-order valence-corrected chi connectivity index (χ4v) is 3.40. The Labute approximate surface area is 127 Å². The lowest BCUT2D eigenvalue weighted by atomic mass is 9.97. The molecule has 0 saturated carbocycles. The lowest BCUT2D eigenvalue weighted by Gasteiger charge is -2.37. The molecule has 2 aliphatic heterocycles. The molecule has 2 aliphatic rings. The van der Waals surface area contributed by atoms with Crippen LogP contribution >= 0.6 is 0 Å². The maximum Gasteiger partial charge on any atom is 0.232 e. The summed E-state index contributed by atoms with van der Waals surface area (Å²) in [5, 5.41) is 4.16. The van der Waals surface area contributed by atoms with Crippen LogP contribution in [0.4, 0.5) is 0 Å². The van der Waals surface area contributed by atoms with Crippen molar-refractivity contribution in [3.05, 3.63) is 11.7 Å². The van der Waals surface area contributed by atoms with Crippen LogP contribution in [0.2, 0.25) is 0 Å². The third kappa shape index (κ3) is 3.64. The molecule has 0 spiro atoms. The molecule has 1 unspecified atom stereocenters. The summed E-state index contributed by atoms with van der Waals surface area (Å²) < 4.78 is 5.40. The first-order chi connectivity index (χ1) is 10.0. The third-order valence-electron chi connectivity index (χ3n) is 4.61. The fraction of sp³-hybridized carbons (Fsp3) is 0.875. The van der Waals surface area contributed by atoms with Gasteiger partial charge in [-0.3, -0.25) is 9.80 Å². The molecule has 5 nitrogen and oxygen atoms in total. The first-order valence-corrected chi connectivity index (χ1v) is 8.32. The molecule has 118 valence electrons. The minimum atomic E-state index is -0.0643. The van der Waals surface area contributed by atoms with Crippen molar-refractivity contribution in [3.63, 3.8) is 0 Å². The average Bonchev–Trinajstić information content (AvgIpc) is 3.09. The highest BCUT2D eigenvalue weighted by Crippen LogP contribution is 2.23. The summed E-state index contributed by atoms with van der Waals surface area (Å²) in [5.74, 6) is 1.58. The molecule has 21 heavy (non-hydrogen) atoms. The van der Waals surface area contributed by atoms with E-state index < -0.39 is 0 Å². The molecule has 3 heterocycles. The van der Waals surface area contributed by atoms with E-state index in [2.05, 4.69) is 40.7 Å². The van der Waals surface area contributed by atoms with Crippen molar-refractivity contribution in [2.75, 3.05) is 26.2 Å².